The first-order valence-corrected chi connectivity index (χ1v) is 10.4. The number of aromatic amines is 1. The molecule has 1 aromatic heterocycles. The van der Waals surface area contributed by atoms with E-state index in [0.717, 1.165) is 17.7 Å². The third-order valence-electron chi connectivity index (χ3n) is 5.74. The maximum atomic E-state index is 13.2. The summed E-state index contributed by atoms with van der Waals surface area (Å²) in [7, 11) is 0. The molecule has 0 atom stereocenters. The molecule has 160 valence electrons. The number of rotatable bonds is 5. The first-order chi connectivity index (χ1) is 15.2. The third-order valence-corrected chi connectivity index (χ3v) is 5.74. The van der Waals surface area contributed by atoms with Crippen molar-refractivity contribution >= 4 is 28.8 Å². The molecule has 0 unspecified atom stereocenters. The molecular formula is C23H23N3O5. The summed E-state index contributed by atoms with van der Waals surface area (Å²) in [6, 6.07) is 11.5. The van der Waals surface area contributed by atoms with Crippen LogP contribution in [-0.2, 0) is 0 Å². The second kappa shape index (κ2) is 7.86. The molecule has 5 rings (SSSR count). The van der Waals surface area contributed by atoms with Crippen molar-refractivity contribution in [1.82, 2.24) is 9.88 Å². The van der Waals surface area contributed by atoms with E-state index in [4.69, 9.17) is 14.2 Å². The van der Waals surface area contributed by atoms with Gasteiger partial charge in [0.05, 0.1) is 23.4 Å². The summed E-state index contributed by atoms with van der Waals surface area (Å²) in [6.45, 7) is 5.19. The predicted molar refractivity (Wildman–Crippen MR) is 116 cm³/mol. The number of aromatic nitrogens is 1. The number of ether oxygens (including phenoxy) is 3. The van der Waals surface area contributed by atoms with Gasteiger partial charge in [0.25, 0.3) is 5.91 Å². The van der Waals surface area contributed by atoms with Gasteiger partial charge in [0.1, 0.15) is 11.4 Å². The number of H-pyrrole nitrogens is 1. The minimum atomic E-state index is -0.182. The number of carbonyl (C=O) groups excluding carboxylic acids is 2. The van der Waals surface area contributed by atoms with E-state index in [-0.39, 0.29) is 12.7 Å². The Morgan fingerprint density at radius 2 is 1.87 bits per heavy atom. The zero-order valence-electron chi connectivity index (χ0n) is 17.2. The number of amides is 1. The number of aldehydes is 1. The molecule has 0 aliphatic carbocycles. The third kappa shape index (κ3) is 3.34. The molecule has 2 aliphatic heterocycles. The van der Waals surface area contributed by atoms with Crippen LogP contribution < -0.4 is 19.1 Å². The van der Waals surface area contributed by atoms with E-state index in [1.165, 1.54) is 0 Å². The van der Waals surface area contributed by atoms with Gasteiger partial charge in [-0.1, -0.05) is 12.1 Å². The van der Waals surface area contributed by atoms with Crippen LogP contribution in [0.15, 0.2) is 36.4 Å². The quantitative estimate of drug-likeness (QED) is 0.638. The minimum Gasteiger partial charge on any atom is -0.492 e. The fourth-order valence-electron chi connectivity index (χ4n) is 4.20. The molecule has 1 saturated heterocycles. The lowest BCUT2D eigenvalue weighted by atomic mass is 10.1. The largest absolute Gasteiger partial charge is 0.492 e. The van der Waals surface area contributed by atoms with Gasteiger partial charge in [0.2, 0.25) is 6.79 Å². The number of anilines is 1. The van der Waals surface area contributed by atoms with E-state index < -0.39 is 0 Å². The van der Waals surface area contributed by atoms with Crippen molar-refractivity contribution in [2.75, 3.05) is 44.5 Å². The lowest BCUT2D eigenvalue weighted by Crippen LogP contribution is -2.49. The van der Waals surface area contributed by atoms with Gasteiger partial charge in [-0.15, -0.1) is 0 Å². The van der Waals surface area contributed by atoms with Crippen molar-refractivity contribution in [3.8, 4) is 17.2 Å². The summed E-state index contributed by atoms with van der Waals surface area (Å²) < 4.78 is 16.6. The van der Waals surface area contributed by atoms with Gasteiger partial charge in [-0.25, -0.2) is 0 Å². The Labute approximate surface area is 179 Å². The van der Waals surface area contributed by atoms with E-state index in [2.05, 4.69) is 9.88 Å². The maximum Gasteiger partial charge on any atom is 0.271 e. The number of nitrogens with one attached hydrogen (secondary N) is 1. The average Bonchev–Trinajstić information content (AvgIpc) is 3.41. The van der Waals surface area contributed by atoms with E-state index in [1.807, 2.05) is 31.2 Å². The van der Waals surface area contributed by atoms with Gasteiger partial charge >= 0.3 is 0 Å². The molecule has 3 heterocycles. The van der Waals surface area contributed by atoms with Gasteiger partial charge in [-0.05, 0) is 25.1 Å². The highest BCUT2D eigenvalue weighted by molar-refractivity contribution is 6.10. The van der Waals surface area contributed by atoms with E-state index in [1.54, 1.807) is 17.0 Å². The summed E-state index contributed by atoms with van der Waals surface area (Å²) in [5, 5.41) is 0.659. The lowest BCUT2D eigenvalue weighted by molar-refractivity contribution is 0.0739. The molecule has 2 aliphatic rings. The lowest BCUT2D eigenvalue weighted by Gasteiger charge is -2.36. The van der Waals surface area contributed by atoms with Crippen LogP contribution >= 0.6 is 0 Å². The molecule has 1 fully saturated rings. The molecule has 1 amide bonds. The molecule has 31 heavy (non-hydrogen) atoms. The first kappa shape index (κ1) is 19.3. The molecule has 2 aromatic carbocycles. The zero-order chi connectivity index (χ0) is 21.4. The molecule has 0 radical (unpaired) electrons. The van der Waals surface area contributed by atoms with Crippen LogP contribution in [0.4, 0.5) is 5.69 Å². The summed E-state index contributed by atoms with van der Waals surface area (Å²) in [6.07, 6.45) is 0.725. The van der Waals surface area contributed by atoms with Gasteiger partial charge in [0, 0.05) is 37.6 Å². The van der Waals surface area contributed by atoms with Crippen molar-refractivity contribution in [2.45, 2.75) is 6.92 Å². The first-order valence-electron chi connectivity index (χ1n) is 10.4. The topological polar surface area (TPSA) is 84.1 Å². The fraction of sp³-hybridized carbons (Fsp3) is 0.304. The number of hydrogen-bond donors (Lipinski definition) is 1. The number of nitrogens with zero attached hydrogens (tertiary/aromatic N) is 2. The Balaban J connectivity index is 1.36. The number of para-hydroxylation sites is 2. The Hall–Kier alpha value is -3.68. The molecule has 0 spiro atoms. The van der Waals surface area contributed by atoms with Gasteiger partial charge < -0.3 is 29.0 Å². The number of fused-ring (bicyclic) bond motifs is 2. The Morgan fingerprint density at radius 1 is 1.13 bits per heavy atom. The normalized spacial score (nSPS) is 15.4. The van der Waals surface area contributed by atoms with Gasteiger partial charge in [0.15, 0.2) is 17.8 Å². The monoisotopic (exact) mass is 421 g/mol. The maximum absolute atomic E-state index is 13.2. The Bertz CT molecular complexity index is 1150. The molecule has 0 saturated carbocycles. The summed E-state index contributed by atoms with van der Waals surface area (Å²) in [5.41, 5.74) is 2.36. The molecular weight excluding hydrogens is 398 g/mol. The average molecular weight is 421 g/mol. The van der Waals surface area contributed by atoms with Crippen molar-refractivity contribution in [1.29, 1.82) is 0 Å². The van der Waals surface area contributed by atoms with Gasteiger partial charge in [-0.2, -0.15) is 0 Å². The van der Waals surface area contributed by atoms with Crippen LogP contribution in [0.5, 0.6) is 17.2 Å². The molecule has 8 heteroatoms. The van der Waals surface area contributed by atoms with E-state index in [0.29, 0.717) is 66.4 Å². The number of piperazine rings is 1. The van der Waals surface area contributed by atoms with E-state index >= 15 is 0 Å². The number of benzene rings is 2. The molecule has 1 N–H and O–H groups in total. The molecule has 0 bridgehead atoms. The number of carbonyl (C=O) groups is 2. The van der Waals surface area contributed by atoms with Crippen molar-refractivity contribution in [3.63, 3.8) is 0 Å². The van der Waals surface area contributed by atoms with Crippen LogP contribution in [0, 0.1) is 0 Å². The highest BCUT2D eigenvalue weighted by Crippen LogP contribution is 2.38. The minimum absolute atomic E-state index is 0.154. The van der Waals surface area contributed by atoms with Crippen molar-refractivity contribution in [3.05, 3.63) is 47.7 Å². The Kier molecular flexibility index (Phi) is 4.89. The van der Waals surface area contributed by atoms with Crippen molar-refractivity contribution in [2.24, 2.45) is 0 Å². The van der Waals surface area contributed by atoms with Crippen LogP contribution in [0.25, 0.3) is 10.9 Å². The summed E-state index contributed by atoms with van der Waals surface area (Å²) in [4.78, 5) is 32.2. The standard InChI is InChI=1S/C23H23N3O5/c1-2-29-19-6-4-3-5-18(19)25-7-9-26(10-8-25)23(28)22-16(13-27)15-11-20-21(31-14-30-20)12-17(15)24-22/h3-6,11-13,24H,2,7-10,14H2,1H3. The van der Waals surface area contributed by atoms with Gasteiger partial charge in [-0.3, -0.25) is 9.59 Å². The highest BCUT2D eigenvalue weighted by Gasteiger charge is 2.28. The highest BCUT2D eigenvalue weighted by atomic mass is 16.7. The van der Waals surface area contributed by atoms with E-state index in [9.17, 15) is 9.59 Å². The van der Waals surface area contributed by atoms with Crippen molar-refractivity contribution < 1.29 is 23.8 Å². The summed E-state index contributed by atoms with van der Waals surface area (Å²) >= 11 is 0. The second-order valence-electron chi connectivity index (χ2n) is 7.46. The van der Waals surface area contributed by atoms with Crippen LogP contribution in [-0.4, -0.2) is 61.7 Å². The smallest absolute Gasteiger partial charge is 0.271 e. The van der Waals surface area contributed by atoms with Crippen LogP contribution in [0.1, 0.15) is 27.8 Å². The van der Waals surface area contributed by atoms with Crippen LogP contribution in [0.3, 0.4) is 0 Å². The predicted octanol–water partition coefficient (Wildman–Crippen LogP) is 3.07. The van der Waals surface area contributed by atoms with Crippen LogP contribution in [0.2, 0.25) is 0 Å². The molecule has 8 nitrogen and oxygen atoms in total. The number of hydrogen-bond acceptors (Lipinski definition) is 6. The SMILES string of the molecule is CCOc1ccccc1N1CCN(C(=O)c2[nH]c3cc4c(cc3c2C=O)OCO4)CC1. The molecule has 3 aromatic rings. The summed E-state index contributed by atoms with van der Waals surface area (Å²) in [5.74, 6) is 1.85. The second-order valence-corrected chi connectivity index (χ2v) is 7.46. The Morgan fingerprint density at radius 3 is 2.61 bits per heavy atom. The zero-order valence-corrected chi connectivity index (χ0v) is 17.2. The fourth-order valence-corrected chi connectivity index (χ4v) is 4.20.